The van der Waals surface area contributed by atoms with E-state index in [-0.39, 0.29) is 22.9 Å². The Hall–Kier alpha value is -0.960. The van der Waals surface area contributed by atoms with Crippen LogP contribution in [0.3, 0.4) is 0 Å². The number of Topliss-reactive ketones (excluding diaryl/α,β-unsaturated/α-hetero) is 1. The molecule has 0 spiro atoms. The first-order valence-corrected chi connectivity index (χ1v) is 10.4. The van der Waals surface area contributed by atoms with E-state index in [4.69, 9.17) is 4.74 Å². The summed E-state index contributed by atoms with van der Waals surface area (Å²) in [5.41, 5.74) is 1.69. The third-order valence-corrected chi connectivity index (χ3v) is 8.97. The number of rotatable bonds is 2. The second kappa shape index (κ2) is 5.28. The number of fused-ring (bicyclic) bond motifs is 3. The predicted molar refractivity (Wildman–Crippen MR) is 94.9 cm³/mol. The molecule has 5 aliphatic rings. The second-order valence-corrected chi connectivity index (χ2v) is 9.63. The average Bonchev–Trinajstić information content (AvgIpc) is 3.08. The van der Waals surface area contributed by atoms with Crippen molar-refractivity contribution in [2.75, 3.05) is 6.61 Å². The summed E-state index contributed by atoms with van der Waals surface area (Å²) in [6, 6.07) is 0. The Balaban J connectivity index is 1.51. The van der Waals surface area contributed by atoms with Gasteiger partial charge in [-0.25, -0.2) is 0 Å². The van der Waals surface area contributed by atoms with Crippen LogP contribution in [-0.4, -0.2) is 24.3 Å². The van der Waals surface area contributed by atoms with E-state index in [1.54, 1.807) is 0 Å². The van der Waals surface area contributed by atoms with Crippen molar-refractivity contribution in [3.05, 3.63) is 11.6 Å². The molecular formula is C22H30O3. The number of hydrogen-bond acceptors (Lipinski definition) is 3. The SMILES string of the molecule is CCC(=O)[C@H]1CCC2C3C[C@@H]4OC[C@@]5(CCC(=O)C=C45)C3CC[C@@]21C. The second-order valence-electron chi connectivity index (χ2n) is 9.63. The van der Waals surface area contributed by atoms with Crippen LogP contribution in [0.2, 0.25) is 0 Å². The Morgan fingerprint density at radius 2 is 2.08 bits per heavy atom. The van der Waals surface area contributed by atoms with Crippen molar-refractivity contribution >= 4 is 11.6 Å². The van der Waals surface area contributed by atoms with Crippen molar-refractivity contribution in [1.82, 2.24) is 0 Å². The van der Waals surface area contributed by atoms with E-state index in [9.17, 15) is 9.59 Å². The van der Waals surface area contributed by atoms with E-state index >= 15 is 0 Å². The van der Waals surface area contributed by atoms with Gasteiger partial charge < -0.3 is 4.74 Å². The number of ketones is 2. The van der Waals surface area contributed by atoms with Crippen molar-refractivity contribution in [1.29, 1.82) is 0 Å². The molecule has 4 aliphatic carbocycles. The lowest BCUT2D eigenvalue weighted by Gasteiger charge is -2.56. The van der Waals surface area contributed by atoms with Gasteiger partial charge in [-0.05, 0) is 73.3 Å². The van der Waals surface area contributed by atoms with Gasteiger partial charge in [0.2, 0.25) is 0 Å². The first-order chi connectivity index (χ1) is 12.0. The molecule has 3 saturated carbocycles. The molecule has 0 aromatic carbocycles. The van der Waals surface area contributed by atoms with Crippen LogP contribution in [0.15, 0.2) is 11.6 Å². The van der Waals surface area contributed by atoms with E-state index < -0.39 is 0 Å². The minimum Gasteiger partial charge on any atom is -0.373 e. The highest BCUT2D eigenvalue weighted by Gasteiger charge is 2.64. The normalized spacial score (nSPS) is 50.7. The minimum absolute atomic E-state index is 0.148. The standard InChI is InChI=1S/C22H30O3/c1-3-19(24)17-5-4-15-14-11-20-18-10-13(23)6-9-22(18,12-25-20)16(14)7-8-21(15,17)2/h10,14-17,20H,3-9,11-12H2,1-2H3/t14?,15?,16?,17-,20+,21+,22+/m1/s1. The van der Waals surface area contributed by atoms with E-state index in [1.807, 2.05) is 13.0 Å². The summed E-state index contributed by atoms with van der Waals surface area (Å²) in [4.78, 5) is 24.6. The highest BCUT2D eigenvalue weighted by Crippen LogP contribution is 2.68. The molecule has 1 heterocycles. The summed E-state index contributed by atoms with van der Waals surface area (Å²) >= 11 is 0. The zero-order chi connectivity index (χ0) is 17.4. The molecule has 0 N–H and O–H groups in total. The van der Waals surface area contributed by atoms with Gasteiger partial charge >= 0.3 is 0 Å². The first-order valence-electron chi connectivity index (χ1n) is 10.4. The summed E-state index contributed by atoms with van der Waals surface area (Å²) in [5, 5.41) is 0. The maximum Gasteiger partial charge on any atom is 0.155 e. The molecule has 0 aromatic rings. The van der Waals surface area contributed by atoms with Crippen molar-refractivity contribution in [2.24, 2.45) is 34.5 Å². The van der Waals surface area contributed by atoms with E-state index in [2.05, 4.69) is 6.92 Å². The lowest BCUT2D eigenvalue weighted by Crippen LogP contribution is -2.53. The van der Waals surface area contributed by atoms with Crippen LogP contribution in [-0.2, 0) is 14.3 Å². The van der Waals surface area contributed by atoms with Crippen LogP contribution in [0, 0.1) is 34.5 Å². The molecule has 4 fully saturated rings. The molecule has 5 rings (SSSR count). The lowest BCUT2D eigenvalue weighted by molar-refractivity contribution is -0.130. The molecule has 2 bridgehead atoms. The van der Waals surface area contributed by atoms with Crippen molar-refractivity contribution < 1.29 is 14.3 Å². The Kier molecular flexibility index (Phi) is 3.43. The average molecular weight is 342 g/mol. The minimum atomic E-state index is 0.148. The number of carbonyl (C=O) groups excluding carboxylic acids is 2. The predicted octanol–water partition coefficient (Wildman–Crippen LogP) is 4.10. The maximum absolute atomic E-state index is 12.6. The molecule has 3 unspecified atom stereocenters. The Labute approximate surface area is 150 Å². The van der Waals surface area contributed by atoms with Crippen LogP contribution in [0.5, 0.6) is 0 Å². The van der Waals surface area contributed by atoms with Crippen LogP contribution >= 0.6 is 0 Å². The number of carbonyl (C=O) groups is 2. The van der Waals surface area contributed by atoms with Gasteiger partial charge in [0.15, 0.2) is 5.78 Å². The summed E-state index contributed by atoms with van der Waals surface area (Å²) in [6.07, 6.45) is 10.3. The first kappa shape index (κ1) is 16.2. The smallest absolute Gasteiger partial charge is 0.155 e. The van der Waals surface area contributed by atoms with Gasteiger partial charge in [0, 0.05) is 24.2 Å². The fourth-order valence-electron chi connectivity index (χ4n) is 7.81. The molecule has 136 valence electrons. The van der Waals surface area contributed by atoms with Gasteiger partial charge in [-0.3, -0.25) is 9.59 Å². The van der Waals surface area contributed by atoms with Gasteiger partial charge in [-0.1, -0.05) is 13.8 Å². The molecule has 3 heteroatoms. The zero-order valence-electron chi connectivity index (χ0n) is 15.6. The van der Waals surface area contributed by atoms with Crippen LogP contribution in [0.4, 0.5) is 0 Å². The quantitative estimate of drug-likeness (QED) is 0.759. The maximum atomic E-state index is 12.6. The molecular weight excluding hydrogens is 312 g/mol. The van der Waals surface area contributed by atoms with Crippen LogP contribution in [0.25, 0.3) is 0 Å². The fourth-order valence-corrected chi connectivity index (χ4v) is 7.81. The summed E-state index contributed by atoms with van der Waals surface area (Å²) in [5.74, 6) is 3.09. The third-order valence-electron chi connectivity index (χ3n) is 8.97. The summed E-state index contributed by atoms with van der Waals surface area (Å²) < 4.78 is 6.24. The summed E-state index contributed by atoms with van der Waals surface area (Å²) in [7, 11) is 0. The van der Waals surface area contributed by atoms with Crippen molar-refractivity contribution in [3.63, 3.8) is 0 Å². The molecule has 1 aliphatic heterocycles. The summed E-state index contributed by atoms with van der Waals surface area (Å²) in [6.45, 7) is 5.27. The number of ether oxygens (including phenoxy) is 1. The highest BCUT2D eigenvalue weighted by molar-refractivity contribution is 5.92. The van der Waals surface area contributed by atoms with E-state index in [0.29, 0.717) is 42.2 Å². The highest BCUT2D eigenvalue weighted by atomic mass is 16.5. The van der Waals surface area contributed by atoms with E-state index in [1.165, 1.54) is 24.8 Å². The van der Waals surface area contributed by atoms with Gasteiger partial charge in [0.05, 0.1) is 12.7 Å². The molecule has 1 saturated heterocycles. The molecule has 0 amide bonds. The van der Waals surface area contributed by atoms with Crippen LogP contribution in [0.1, 0.15) is 65.2 Å². The van der Waals surface area contributed by atoms with Gasteiger partial charge in [-0.15, -0.1) is 0 Å². The van der Waals surface area contributed by atoms with Crippen molar-refractivity contribution in [2.45, 2.75) is 71.3 Å². The molecule has 0 aromatic heterocycles. The van der Waals surface area contributed by atoms with Gasteiger partial charge in [0.1, 0.15) is 5.78 Å². The monoisotopic (exact) mass is 342 g/mol. The molecule has 25 heavy (non-hydrogen) atoms. The fraction of sp³-hybridized carbons (Fsp3) is 0.818. The lowest BCUT2D eigenvalue weighted by atomic mass is 9.46. The zero-order valence-corrected chi connectivity index (χ0v) is 15.6. The molecule has 7 atom stereocenters. The van der Waals surface area contributed by atoms with E-state index in [0.717, 1.165) is 25.9 Å². The van der Waals surface area contributed by atoms with Gasteiger partial charge in [0.25, 0.3) is 0 Å². The van der Waals surface area contributed by atoms with Crippen LogP contribution < -0.4 is 0 Å². The van der Waals surface area contributed by atoms with Gasteiger partial charge in [-0.2, -0.15) is 0 Å². The number of hydrogen-bond donors (Lipinski definition) is 0. The Morgan fingerprint density at radius 1 is 1.24 bits per heavy atom. The Bertz CT molecular complexity index is 664. The Morgan fingerprint density at radius 3 is 2.88 bits per heavy atom. The third kappa shape index (κ3) is 1.97. The van der Waals surface area contributed by atoms with Crippen molar-refractivity contribution in [3.8, 4) is 0 Å². The largest absolute Gasteiger partial charge is 0.373 e. The molecule has 0 radical (unpaired) electrons. The molecule has 3 nitrogen and oxygen atoms in total. The topological polar surface area (TPSA) is 43.4 Å².